The third-order valence-electron chi connectivity index (χ3n) is 2.69. The molecule has 0 fully saturated rings. The van der Waals surface area contributed by atoms with Crippen LogP contribution in [0.1, 0.15) is 46.0 Å². The average Bonchev–Trinajstić information content (AvgIpc) is 2.22. The Balaban J connectivity index is 3.88. The minimum absolute atomic E-state index is 0.250. The lowest BCUT2D eigenvalue weighted by atomic mass is 9.95. The predicted molar refractivity (Wildman–Crippen MR) is 60.7 cm³/mol. The molecule has 2 N–H and O–H groups in total. The molecule has 0 amide bonds. The quantitative estimate of drug-likeness (QED) is 0.482. The van der Waals surface area contributed by atoms with Crippen LogP contribution in [0.3, 0.4) is 0 Å². The van der Waals surface area contributed by atoms with Crippen LogP contribution in [-0.4, -0.2) is 22.8 Å². The van der Waals surface area contributed by atoms with Crippen molar-refractivity contribution in [2.24, 2.45) is 5.92 Å². The summed E-state index contributed by atoms with van der Waals surface area (Å²) in [4.78, 5) is 10.6. The molecule has 3 heteroatoms. The molecule has 0 bridgehead atoms. The van der Waals surface area contributed by atoms with Gasteiger partial charge in [-0.25, -0.2) is 4.79 Å². The Labute approximate surface area is 91.8 Å². The van der Waals surface area contributed by atoms with Crippen LogP contribution >= 0.6 is 0 Å². The van der Waals surface area contributed by atoms with E-state index >= 15 is 0 Å². The maximum atomic E-state index is 10.6. The summed E-state index contributed by atoms with van der Waals surface area (Å²) in [5.41, 5.74) is 0.426. The Hall–Kier alpha value is -0.830. The molecule has 1 unspecified atom stereocenters. The molecule has 1 atom stereocenters. The zero-order chi connectivity index (χ0) is 11.7. The summed E-state index contributed by atoms with van der Waals surface area (Å²) in [6.07, 6.45) is 6.64. The summed E-state index contributed by atoms with van der Waals surface area (Å²) in [5, 5.41) is 17.3. The molecular weight excluding hydrogens is 192 g/mol. The van der Waals surface area contributed by atoms with Gasteiger partial charge in [0.2, 0.25) is 0 Å². The number of unbranched alkanes of at least 4 members (excludes halogenated alkanes) is 1. The lowest BCUT2D eigenvalue weighted by Gasteiger charge is -2.11. The third-order valence-corrected chi connectivity index (χ3v) is 2.69. The standard InChI is InChI=1S/C12H22O3/c1-3-11(6-4-5-9-13)8-7-10(2)12(14)15/h7,11,13H,3-6,8-9H2,1-2H3,(H,14,15). The van der Waals surface area contributed by atoms with Gasteiger partial charge in [0, 0.05) is 12.2 Å². The monoisotopic (exact) mass is 214 g/mol. The largest absolute Gasteiger partial charge is 0.478 e. The van der Waals surface area contributed by atoms with Crippen LogP contribution in [-0.2, 0) is 4.79 Å². The first-order chi connectivity index (χ1) is 7.11. The Morgan fingerprint density at radius 1 is 1.40 bits per heavy atom. The van der Waals surface area contributed by atoms with E-state index in [9.17, 15) is 4.79 Å². The van der Waals surface area contributed by atoms with E-state index in [4.69, 9.17) is 10.2 Å². The molecule has 0 aromatic rings. The molecule has 15 heavy (non-hydrogen) atoms. The molecule has 0 radical (unpaired) electrons. The maximum Gasteiger partial charge on any atom is 0.330 e. The first kappa shape index (κ1) is 14.2. The lowest BCUT2D eigenvalue weighted by Crippen LogP contribution is -2.01. The highest BCUT2D eigenvalue weighted by molar-refractivity contribution is 5.85. The molecule has 0 saturated heterocycles. The summed E-state index contributed by atoms with van der Waals surface area (Å²) in [7, 11) is 0. The van der Waals surface area contributed by atoms with Gasteiger partial charge in [0.05, 0.1) is 0 Å². The summed E-state index contributed by atoms with van der Waals surface area (Å²) in [6, 6.07) is 0. The van der Waals surface area contributed by atoms with Crippen molar-refractivity contribution in [2.75, 3.05) is 6.61 Å². The van der Waals surface area contributed by atoms with Gasteiger partial charge >= 0.3 is 5.97 Å². The number of aliphatic hydroxyl groups excluding tert-OH is 1. The zero-order valence-electron chi connectivity index (χ0n) is 9.70. The Morgan fingerprint density at radius 2 is 2.07 bits per heavy atom. The molecule has 0 aliphatic rings. The topological polar surface area (TPSA) is 57.5 Å². The number of carbonyl (C=O) groups is 1. The second-order valence-electron chi connectivity index (χ2n) is 3.92. The fourth-order valence-corrected chi connectivity index (χ4v) is 1.46. The van der Waals surface area contributed by atoms with E-state index in [1.54, 1.807) is 13.0 Å². The molecular formula is C12H22O3. The van der Waals surface area contributed by atoms with Crippen LogP contribution in [0, 0.1) is 5.92 Å². The SMILES string of the molecule is CCC(CC=C(C)C(=O)O)CCCCO. The van der Waals surface area contributed by atoms with Crippen molar-refractivity contribution in [3.05, 3.63) is 11.6 Å². The van der Waals surface area contributed by atoms with Gasteiger partial charge in [-0.3, -0.25) is 0 Å². The molecule has 0 saturated carbocycles. The van der Waals surface area contributed by atoms with Gasteiger partial charge in [0.1, 0.15) is 0 Å². The van der Waals surface area contributed by atoms with Gasteiger partial charge in [-0.05, 0) is 25.7 Å². The van der Waals surface area contributed by atoms with Crippen molar-refractivity contribution in [3.63, 3.8) is 0 Å². The first-order valence-electron chi connectivity index (χ1n) is 5.62. The van der Waals surface area contributed by atoms with E-state index < -0.39 is 5.97 Å². The Kier molecular flexibility index (Phi) is 8.01. The van der Waals surface area contributed by atoms with E-state index in [2.05, 4.69) is 6.92 Å². The van der Waals surface area contributed by atoms with E-state index in [0.717, 1.165) is 32.1 Å². The zero-order valence-corrected chi connectivity index (χ0v) is 9.70. The number of carboxylic acid groups (broad SMARTS) is 1. The molecule has 0 aromatic carbocycles. The van der Waals surface area contributed by atoms with Gasteiger partial charge in [-0.1, -0.05) is 32.3 Å². The number of carboxylic acids is 1. The number of aliphatic hydroxyl groups is 1. The second kappa shape index (κ2) is 8.48. The Morgan fingerprint density at radius 3 is 2.53 bits per heavy atom. The summed E-state index contributed by atoms with van der Waals surface area (Å²) >= 11 is 0. The molecule has 88 valence electrons. The van der Waals surface area contributed by atoms with Gasteiger partial charge in [0.15, 0.2) is 0 Å². The summed E-state index contributed by atoms with van der Waals surface area (Å²) in [5.74, 6) is -0.286. The van der Waals surface area contributed by atoms with E-state index in [-0.39, 0.29) is 6.61 Å². The van der Waals surface area contributed by atoms with Crippen LogP contribution in [0.25, 0.3) is 0 Å². The molecule has 3 nitrogen and oxygen atoms in total. The highest BCUT2D eigenvalue weighted by atomic mass is 16.4. The van der Waals surface area contributed by atoms with E-state index in [1.807, 2.05) is 0 Å². The smallest absolute Gasteiger partial charge is 0.330 e. The van der Waals surface area contributed by atoms with Gasteiger partial charge in [0.25, 0.3) is 0 Å². The van der Waals surface area contributed by atoms with Crippen LogP contribution < -0.4 is 0 Å². The van der Waals surface area contributed by atoms with Crippen LogP contribution in [0.15, 0.2) is 11.6 Å². The summed E-state index contributed by atoms with van der Waals surface area (Å²) in [6.45, 7) is 4.00. The van der Waals surface area contributed by atoms with Gasteiger partial charge < -0.3 is 10.2 Å². The number of hydrogen-bond donors (Lipinski definition) is 2. The number of hydrogen-bond acceptors (Lipinski definition) is 2. The van der Waals surface area contributed by atoms with Gasteiger partial charge in [-0.2, -0.15) is 0 Å². The fraction of sp³-hybridized carbons (Fsp3) is 0.750. The van der Waals surface area contributed by atoms with E-state index in [0.29, 0.717) is 11.5 Å². The van der Waals surface area contributed by atoms with Gasteiger partial charge in [-0.15, -0.1) is 0 Å². The van der Waals surface area contributed by atoms with Crippen LogP contribution in [0.4, 0.5) is 0 Å². The minimum atomic E-state index is -0.833. The molecule has 0 spiro atoms. The minimum Gasteiger partial charge on any atom is -0.478 e. The highest BCUT2D eigenvalue weighted by Crippen LogP contribution is 2.17. The molecule has 0 aliphatic carbocycles. The van der Waals surface area contributed by atoms with Crippen molar-refractivity contribution in [1.82, 2.24) is 0 Å². The lowest BCUT2D eigenvalue weighted by molar-refractivity contribution is -0.132. The van der Waals surface area contributed by atoms with Crippen LogP contribution in [0.2, 0.25) is 0 Å². The predicted octanol–water partition coefficient (Wildman–Crippen LogP) is 2.60. The van der Waals surface area contributed by atoms with Crippen molar-refractivity contribution >= 4 is 5.97 Å². The highest BCUT2D eigenvalue weighted by Gasteiger charge is 2.06. The fourth-order valence-electron chi connectivity index (χ4n) is 1.46. The second-order valence-corrected chi connectivity index (χ2v) is 3.92. The number of allylic oxidation sites excluding steroid dienone is 1. The normalized spacial score (nSPS) is 13.9. The average molecular weight is 214 g/mol. The van der Waals surface area contributed by atoms with Crippen molar-refractivity contribution in [3.8, 4) is 0 Å². The van der Waals surface area contributed by atoms with Crippen molar-refractivity contribution in [1.29, 1.82) is 0 Å². The molecule has 0 heterocycles. The van der Waals surface area contributed by atoms with Crippen molar-refractivity contribution in [2.45, 2.75) is 46.0 Å². The molecule has 0 aromatic heterocycles. The first-order valence-corrected chi connectivity index (χ1v) is 5.62. The van der Waals surface area contributed by atoms with Crippen LogP contribution in [0.5, 0.6) is 0 Å². The summed E-state index contributed by atoms with van der Waals surface area (Å²) < 4.78 is 0. The molecule has 0 rings (SSSR count). The van der Waals surface area contributed by atoms with Crippen molar-refractivity contribution < 1.29 is 15.0 Å². The Bertz CT molecular complexity index is 209. The number of aliphatic carboxylic acids is 1. The molecule has 0 aliphatic heterocycles. The van der Waals surface area contributed by atoms with E-state index in [1.165, 1.54) is 0 Å². The number of rotatable bonds is 8. The maximum absolute atomic E-state index is 10.6. The third kappa shape index (κ3) is 7.14.